The van der Waals surface area contributed by atoms with Crippen molar-refractivity contribution in [2.24, 2.45) is 10.8 Å². The van der Waals surface area contributed by atoms with Crippen molar-refractivity contribution in [2.75, 3.05) is 32.7 Å². The average molecular weight is 210 g/mol. The van der Waals surface area contributed by atoms with Gasteiger partial charge in [0, 0.05) is 19.6 Å². The number of hydrogen-bond acceptors (Lipinski definition) is 2. The molecule has 2 saturated heterocycles. The molecular weight excluding hydrogens is 184 g/mol. The second-order valence-electron chi connectivity index (χ2n) is 6.80. The van der Waals surface area contributed by atoms with E-state index in [0.29, 0.717) is 10.8 Å². The Labute approximate surface area is 94.4 Å². The number of nitrogens with one attached hydrogen (secondary N) is 1. The van der Waals surface area contributed by atoms with Gasteiger partial charge in [-0.05, 0) is 43.2 Å². The molecule has 2 heteroatoms. The van der Waals surface area contributed by atoms with Crippen LogP contribution >= 0.6 is 0 Å². The highest BCUT2D eigenvalue weighted by Gasteiger charge is 2.39. The van der Waals surface area contributed by atoms with Crippen molar-refractivity contribution in [2.45, 2.75) is 40.0 Å². The molecule has 0 bridgehead atoms. The van der Waals surface area contributed by atoms with Crippen LogP contribution in [0.1, 0.15) is 40.0 Å². The van der Waals surface area contributed by atoms with Gasteiger partial charge in [0.05, 0.1) is 0 Å². The van der Waals surface area contributed by atoms with Crippen molar-refractivity contribution in [3.05, 3.63) is 0 Å². The van der Waals surface area contributed by atoms with Crippen molar-refractivity contribution in [3.8, 4) is 0 Å². The quantitative estimate of drug-likeness (QED) is 0.713. The van der Waals surface area contributed by atoms with E-state index >= 15 is 0 Å². The minimum absolute atomic E-state index is 0.452. The van der Waals surface area contributed by atoms with Gasteiger partial charge < -0.3 is 10.2 Å². The Kier molecular flexibility index (Phi) is 3.09. The summed E-state index contributed by atoms with van der Waals surface area (Å²) >= 11 is 0. The maximum atomic E-state index is 3.57. The van der Waals surface area contributed by atoms with E-state index in [0.717, 1.165) is 0 Å². The number of nitrogens with zero attached hydrogens (tertiary/aromatic N) is 1. The largest absolute Gasteiger partial charge is 0.316 e. The van der Waals surface area contributed by atoms with Gasteiger partial charge in [-0.25, -0.2) is 0 Å². The molecule has 15 heavy (non-hydrogen) atoms. The van der Waals surface area contributed by atoms with Crippen LogP contribution in [0.15, 0.2) is 0 Å². The van der Waals surface area contributed by atoms with Crippen molar-refractivity contribution in [3.63, 3.8) is 0 Å². The normalized spacial score (nSPS) is 33.8. The summed E-state index contributed by atoms with van der Waals surface area (Å²) in [6.45, 7) is 13.4. The highest BCUT2D eigenvalue weighted by atomic mass is 15.2. The van der Waals surface area contributed by atoms with Crippen molar-refractivity contribution >= 4 is 0 Å². The molecule has 0 saturated carbocycles. The SMILES string of the molecule is CC(C)(C)CN1CC[C@]2(CCCNC2)C1. The van der Waals surface area contributed by atoms with Gasteiger partial charge in [-0.1, -0.05) is 20.8 Å². The second-order valence-corrected chi connectivity index (χ2v) is 6.80. The van der Waals surface area contributed by atoms with E-state index in [1.807, 2.05) is 0 Å². The van der Waals surface area contributed by atoms with Crippen LogP contribution < -0.4 is 5.32 Å². The summed E-state index contributed by atoms with van der Waals surface area (Å²) in [4.78, 5) is 2.67. The van der Waals surface area contributed by atoms with Crippen LogP contribution in [0.2, 0.25) is 0 Å². The third kappa shape index (κ3) is 2.94. The van der Waals surface area contributed by atoms with Crippen molar-refractivity contribution in [1.82, 2.24) is 10.2 Å². The molecule has 0 aliphatic carbocycles. The Bertz CT molecular complexity index is 211. The van der Waals surface area contributed by atoms with Gasteiger partial charge in [0.1, 0.15) is 0 Å². The predicted molar refractivity (Wildman–Crippen MR) is 65.0 cm³/mol. The van der Waals surface area contributed by atoms with Crippen molar-refractivity contribution in [1.29, 1.82) is 0 Å². The van der Waals surface area contributed by atoms with E-state index < -0.39 is 0 Å². The van der Waals surface area contributed by atoms with Crippen molar-refractivity contribution < 1.29 is 0 Å². The van der Waals surface area contributed by atoms with Gasteiger partial charge in [0.15, 0.2) is 0 Å². The molecule has 1 atom stereocenters. The van der Waals surface area contributed by atoms with Gasteiger partial charge >= 0.3 is 0 Å². The molecule has 2 fully saturated rings. The molecule has 2 aliphatic heterocycles. The van der Waals surface area contributed by atoms with Crippen LogP contribution in [0.5, 0.6) is 0 Å². The van der Waals surface area contributed by atoms with Crippen LogP contribution in [0.25, 0.3) is 0 Å². The van der Waals surface area contributed by atoms with E-state index in [-0.39, 0.29) is 0 Å². The molecule has 1 spiro atoms. The summed E-state index contributed by atoms with van der Waals surface area (Å²) in [6, 6.07) is 0. The summed E-state index contributed by atoms with van der Waals surface area (Å²) < 4.78 is 0. The fraction of sp³-hybridized carbons (Fsp3) is 1.00. The molecule has 2 heterocycles. The van der Waals surface area contributed by atoms with E-state index in [1.54, 1.807) is 0 Å². The van der Waals surface area contributed by atoms with Crippen LogP contribution in [0, 0.1) is 10.8 Å². The summed E-state index contributed by atoms with van der Waals surface area (Å²) in [6.07, 6.45) is 4.24. The Morgan fingerprint density at radius 2 is 2.07 bits per heavy atom. The highest BCUT2D eigenvalue weighted by Crippen LogP contribution is 2.37. The maximum Gasteiger partial charge on any atom is 0.00509 e. The van der Waals surface area contributed by atoms with Gasteiger partial charge in [0.25, 0.3) is 0 Å². The lowest BCUT2D eigenvalue weighted by molar-refractivity contribution is 0.173. The average Bonchev–Trinajstić information content (AvgIpc) is 2.47. The van der Waals surface area contributed by atoms with Gasteiger partial charge in [-0.15, -0.1) is 0 Å². The third-order valence-corrected chi connectivity index (χ3v) is 3.78. The van der Waals surface area contributed by atoms with Crippen LogP contribution in [0.3, 0.4) is 0 Å². The fourth-order valence-electron chi connectivity index (χ4n) is 3.21. The number of piperidine rings is 1. The molecule has 0 amide bonds. The Balaban J connectivity index is 1.88. The monoisotopic (exact) mass is 210 g/mol. The number of rotatable bonds is 1. The third-order valence-electron chi connectivity index (χ3n) is 3.78. The first-order chi connectivity index (χ1) is 6.99. The first-order valence-electron chi connectivity index (χ1n) is 6.42. The van der Waals surface area contributed by atoms with E-state index in [4.69, 9.17) is 0 Å². The first kappa shape index (κ1) is 11.4. The predicted octanol–water partition coefficient (Wildman–Crippen LogP) is 2.11. The summed E-state index contributed by atoms with van der Waals surface area (Å²) in [5.41, 5.74) is 1.08. The lowest BCUT2D eigenvalue weighted by Crippen LogP contribution is -2.42. The molecule has 0 unspecified atom stereocenters. The second kappa shape index (κ2) is 4.06. The van der Waals surface area contributed by atoms with E-state index in [2.05, 4.69) is 31.0 Å². The van der Waals surface area contributed by atoms with E-state index in [1.165, 1.54) is 52.0 Å². The van der Waals surface area contributed by atoms with Gasteiger partial charge in [-0.3, -0.25) is 0 Å². The Morgan fingerprint density at radius 3 is 2.67 bits per heavy atom. The molecule has 0 radical (unpaired) electrons. The molecule has 0 aromatic rings. The summed E-state index contributed by atoms with van der Waals surface area (Å²) in [5, 5.41) is 3.57. The topological polar surface area (TPSA) is 15.3 Å². The minimum atomic E-state index is 0.452. The molecule has 2 rings (SSSR count). The zero-order valence-electron chi connectivity index (χ0n) is 10.6. The standard InChI is InChI=1S/C13H26N2/c1-12(2,3)10-15-8-6-13(11-15)5-4-7-14-9-13/h14H,4-11H2,1-3H3/t13-/m0/s1. The molecule has 2 aliphatic rings. The summed E-state index contributed by atoms with van der Waals surface area (Å²) in [7, 11) is 0. The summed E-state index contributed by atoms with van der Waals surface area (Å²) in [5.74, 6) is 0. The van der Waals surface area contributed by atoms with Crippen LogP contribution in [-0.4, -0.2) is 37.6 Å². The van der Waals surface area contributed by atoms with Gasteiger partial charge in [-0.2, -0.15) is 0 Å². The molecule has 0 aromatic carbocycles. The first-order valence-corrected chi connectivity index (χ1v) is 6.42. The highest BCUT2D eigenvalue weighted by molar-refractivity contribution is 4.94. The molecular formula is C13H26N2. The van der Waals surface area contributed by atoms with Crippen LogP contribution in [0.4, 0.5) is 0 Å². The molecule has 1 N–H and O–H groups in total. The fourth-order valence-corrected chi connectivity index (χ4v) is 3.21. The zero-order chi connectivity index (χ0) is 10.9. The van der Waals surface area contributed by atoms with Gasteiger partial charge in [0.2, 0.25) is 0 Å². The van der Waals surface area contributed by atoms with Crippen LogP contribution in [-0.2, 0) is 0 Å². The Hall–Kier alpha value is -0.0800. The zero-order valence-corrected chi connectivity index (χ0v) is 10.6. The molecule has 0 aromatic heterocycles. The lowest BCUT2D eigenvalue weighted by Gasteiger charge is -2.35. The Morgan fingerprint density at radius 1 is 1.27 bits per heavy atom. The molecule has 2 nitrogen and oxygen atoms in total. The van der Waals surface area contributed by atoms with E-state index in [9.17, 15) is 0 Å². The number of hydrogen-bond donors (Lipinski definition) is 1. The molecule has 88 valence electrons. The maximum absolute atomic E-state index is 3.57. The minimum Gasteiger partial charge on any atom is -0.316 e. The lowest BCUT2D eigenvalue weighted by atomic mass is 9.80. The number of likely N-dealkylation sites (tertiary alicyclic amines) is 1. The smallest absolute Gasteiger partial charge is 0.00509 e.